The lowest BCUT2D eigenvalue weighted by molar-refractivity contribution is 1.56. The van der Waals surface area contributed by atoms with Crippen molar-refractivity contribution in [3.05, 3.63) is 11.5 Å². The van der Waals surface area contributed by atoms with Crippen LogP contribution in [0.4, 0.5) is 0 Å². The molecule has 0 saturated carbocycles. The molecule has 0 aromatic rings. The number of hydrogen-bond donors (Lipinski definition) is 2. The van der Waals surface area contributed by atoms with Crippen LogP contribution in [0.15, 0.2) is 11.5 Å². The number of rotatable bonds is 2. The monoisotopic (exact) mass is 94.1 g/mol. The van der Waals surface area contributed by atoms with Gasteiger partial charge in [-0.15, -0.1) is 0 Å². The Labute approximate surface area is 43.7 Å². The average molecular weight is 93.9 g/mol. The maximum atomic E-state index is 6.62. The van der Waals surface area contributed by atoms with E-state index in [9.17, 15) is 0 Å². The van der Waals surface area contributed by atoms with E-state index < -0.39 is 0 Å². The van der Waals surface area contributed by atoms with Gasteiger partial charge in [-0.3, -0.25) is 0 Å². The van der Waals surface area contributed by atoms with Gasteiger partial charge < -0.3 is 10.8 Å². The highest BCUT2D eigenvalue weighted by Gasteiger charge is 1.72. The normalized spacial score (nSPS) is 10.6. The lowest BCUT2D eigenvalue weighted by Crippen LogP contribution is -1.79. The van der Waals surface area contributed by atoms with Crippen LogP contribution < -0.4 is 0 Å². The van der Waals surface area contributed by atoms with Crippen molar-refractivity contribution in [2.75, 3.05) is 0 Å². The fourth-order valence-electron chi connectivity index (χ4n) is 0.180. The van der Waals surface area contributed by atoms with Crippen molar-refractivity contribution in [3.8, 4) is 0 Å². The Balaban J connectivity index is 3.72. The van der Waals surface area contributed by atoms with Gasteiger partial charge in [0.15, 0.2) is 0 Å². The van der Waals surface area contributed by atoms with Crippen molar-refractivity contribution in [2.24, 2.45) is 0 Å². The van der Waals surface area contributed by atoms with Gasteiger partial charge in [-0.05, 0) is 6.08 Å². The lowest BCUT2D eigenvalue weighted by Gasteiger charge is -1.77. The molecule has 0 bridgehead atoms. The molecule has 0 heterocycles. The van der Waals surface area contributed by atoms with Gasteiger partial charge in [-0.25, -0.2) is 0 Å². The standard InChI is InChI=1S/C4H7BN2/c5-4(3-7)1-2-6/h1-3,6-7H,5H2/b4-1+,6-2?,7-3?. The largest absolute Gasteiger partial charge is 0.309 e. The molecule has 0 aliphatic rings. The first-order valence-corrected chi connectivity index (χ1v) is 1.99. The van der Waals surface area contributed by atoms with E-state index in [0.29, 0.717) is 0 Å². The molecule has 3 heteroatoms. The summed E-state index contributed by atoms with van der Waals surface area (Å²) in [7, 11) is 1.78. The minimum atomic E-state index is 0.801. The Kier molecular flexibility index (Phi) is 2.93. The van der Waals surface area contributed by atoms with Crippen LogP contribution in [0.1, 0.15) is 0 Å². The fourth-order valence-corrected chi connectivity index (χ4v) is 0.180. The van der Waals surface area contributed by atoms with Gasteiger partial charge >= 0.3 is 0 Å². The molecule has 0 fully saturated rings. The Morgan fingerprint density at radius 2 is 2.00 bits per heavy atom. The van der Waals surface area contributed by atoms with E-state index in [4.69, 9.17) is 10.8 Å². The minimum absolute atomic E-state index is 0.801. The van der Waals surface area contributed by atoms with Gasteiger partial charge in [0.05, 0.1) is 0 Å². The molecule has 0 aromatic carbocycles. The van der Waals surface area contributed by atoms with Crippen LogP contribution in [0.3, 0.4) is 0 Å². The molecule has 0 aliphatic carbocycles. The van der Waals surface area contributed by atoms with Gasteiger partial charge in [0.1, 0.15) is 7.85 Å². The van der Waals surface area contributed by atoms with Gasteiger partial charge in [0, 0.05) is 12.4 Å². The molecule has 0 rings (SSSR count). The van der Waals surface area contributed by atoms with Gasteiger partial charge in [-0.2, -0.15) is 0 Å². The highest BCUT2D eigenvalue weighted by molar-refractivity contribution is 6.33. The smallest absolute Gasteiger partial charge is 0.141 e. The molecule has 0 aromatic heterocycles. The third-order valence-electron chi connectivity index (χ3n) is 0.574. The molecule has 0 unspecified atom stereocenters. The summed E-state index contributed by atoms with van der Waals surface area (Å²) in [4.78, 5) is 0. The summed E-state index contributed by atoms with van der Waals surface area (Å²) in [6.07, 6.45) is 3.94. The van der Waals surface area contributed by atoms with Crippen LogP contribution in [0.5, 0.6) is 0 Å². The van der Waals surface area contributed by atoms with Crippen molar-refractivity contribution in [1.29, 1.82) is 10.8 Å². The summed E-state index contributed by atoms with van der Waals surface area (Å²) in [6, 6.07) is 0. The third kappa shape index (κ3) is 2.96. The summed E-state index contributed by atoms with van der Waals surface area (Å²) < 4.78 is 0. The summed E-state index contributed by atoms with van der Waals surface area (Å²) >= 11 is 0. The molecule has 0 aliphatic heterocycles. The van der Waals surface area contributed by atoms with Crippen LogP contribution in [0.2, 0.25) is 0 Å². The summed E-state index contributed by atoms with van der Waals surface area (Å²) in [5.74, 6) is 0. The summed E-state index contributed by atoms with van der Waals surface area (Å²) in [5.41, 5.74) is 0.801. The third-order valence-corrected chi connectivity index (χ3v) is 0.574. The number of allylic oxidation sites excluding steroid dienone is 2. The second-order valence-corrected chi connectivity index (χ2v) is 1.22. The van der Waals surface area contributed by atoms with Crippen LogP contribution in [-0.2, 0) is 0 Å². The fraction of sp³-hybridized carbons (Fsp3) is 0. The molecule has 0 amide bonds. The van der Waals surface area contributed by atoms with Crippen molar-refractivity contribution >= 4 is 20.3 Å². The van der Waals surface area contributed by atoms with E-state index in [1.807, 2.05) is 0 Å². The quantitative estimate of drug-likeness (QED) is 0.351. The van der Waals surface area contributed by atoms with E-state index in [1.54, 1.807) is 13.9 Å². The van der Waals surface area contributed by atoms with Crippen LogP contribution in [-0.4, -0.2) is 20.3 Å². The maximum absolute atomic E-state index is 6.62. The molecule has 0 spiro atoms. The van der Waals surface area contributed by atoms with E-state index >= 15 is 0 Å². The van der Waals surface area contributed by atoms with Crippen LogP contribution >= 0.6 is 0 Å². The van der Waals surface area contributed by atoms with Crippen molar-refractivity contribution in [2.45, 2.75) is 0 Å². The molecular formula is C4H7BN2. The topological polar surface area (TPSA) is 47.7 Å². The SMILES string of the molecule is B/C(C=N)=C/C=N. The first kappa shape index (κ1) is 6.14. The molecular weight excluding hydrogens is 86.9 g/mol. The predicted molar refractivity (Wildman–Crippen MR) is 34.2 cm³/mol. The molecule has 0 radical (unpaired) electrons. The van der Waals surface area contributed by atoms with E-state index in [0.717, 1.165) is 5.47 Å². The number of hydrogen-bond acceptors (Lipinski definition) is 2. The molecule has 36 valence electrons. The lowest BCUT2D eigenvalue weighted by atomic mass is 9.97. The van der Waals surface area contributed by atoms with Crippen molar-refractivity contribution in [3.63, 3.8) is 0 Å². The van der Waals surface area contributed by atoms with Gasteiger partial charge in [-0.1, -0.05) is 5.47 Å². The van der Waals surface area contributed by atoms with E-state index in [-0.39, 0.29) is 0 Å². The first-order chi connectivity index (χ1) is 3.31. The second kappa shape index (κ2) is 3.34. The van der Waals surface area contributed by atoms with Crippen molar-refractivity contribution < 1.29 is 0 Å². The maximum Gasteiger partial charge on any atom is 0.141 e. The molecule has 2 N–H and O–H groups in total. The molecule has 0 saturated heterocycles. The summed E-state index contributed by atoms with van der Waals surface area (Å²) in [6.45, 7) is 0. The zero-order chi connectivity index (χ0) is 5.70. The Morgan fingerprint density at radius 1 is 1.43 bits per heavy atom. The van der Waals surface area contributed by atoms with Crippen molar-refractivity contribution in [1.82, 2.24) is 0 Å². The Hall–Kier alpha value is -0.855. The zero-order valence-electron chi connectivity index (χ0n) is 4.23. The van der Waals surface area contributed by atoms with E-state index in [2.05, 4.69) is 0 Å². The summed E-state index contributed by atoms with van der Waals surface area (Å²) in [5, 5.41) is 13.1. The van der Waals surface area contributed by atoms with Crippen LogP contribution in [0, 0.1) is 10.8 Å². The second-order valence-electron chi connectivity index (χ2n) is 1.22. The van der Waals surface area contributed by atoms with Gasteiger partial charge in [0.2, 0.25) is 0 Å². The predicted octanol–water partition coefficient (Wildman–Crippen LogP) is -0.197. The zero-order valence-corrected chi connectivity index (χ0v) is 4.23. The van der Waals surface area contributed by atoms with Gasteiger partial charge in [0.25, 0.3) is 0 Å². The Bertz CT molecular complexity index is 106. The number of nitrogens with one attached hydrogen (secondary N) is 2. The molecule has 7 heavy (non-hydrogen) atoms. The average Bonchev–Trinajstić information content (AvgIpc) is 1.68. The first-order valence-electron chi connectivity index (χ1n) is 1.99. The van der Waals surface area contributed by atoms with Crippen LogP contribution in [0.25, 0.3) is 0 Å². The highest BCUT2D eigenvalue weighted by atomic mass is 14.3. The highest BCUT2D eigenvalue weighted by Crippen LogP contribution is 1.73. The molecule has 2 nitrogen and oxygen atoms in total. The van der Waals surface area contributed by atoms with E-state index in [1.165, 1.54) is 12.4 Å². The minimum Gasteiger partial charge on any atom is -0.309 e. The molecule has 0 atom stereocenters. The Morgan fingerprint density at radius 3 is 2.14 bits per heavy atom.